The molecule has 1 aromatic heterocycles. The van der Waals surface area contributed by atoms with Gasteiger partial charge in [0.2, 0.25) is 0 Å². The highest BCUT2D eigenvalue weighted by Gasteiger charge is 2.38. The second kappa shape index (κ2) is 8.11. The molecule has 0 aliphatic carbocycles. The molecular formula is C25H16ClN3O4. The highest BCUT2D eigenvalue weighted by Crippen LogP contribution is 2.33. The standard InChI is InChI=1S/C25H16ClN3O4/c1-14-21(28-20-8-4-3-7-19(20)27-14)13-33-25(32)15-10-11-16-17(12-15)24(31)29(23(16)30)22-9-5-2-6-18(22)26/h2-12H,13H2,1H3. The number of nitrogens with zero attached hydrogens (tertiary/aromatic N) is 3. The zero-order chi connectivity index (χ0) is 23.1. The molecule has 33 heavy (non-hydrogen) atoms. The van der Waals surface area contributed by atoms with Gasteiger partial charge in [0.05, 0.1) is 49.8 Å². The fourth-order valence-electron chi connectivity index (χ4n) is 3.70. The van der Waals surface area contributed by atoms with Gasteiger partial charge in [-0.05, 0) is 49.4 Å². The summed E-state index contributed by atoms with van der Waals surface area (Å²) in [7, 11) is 0. The Kier molecular flexibility index (Phi) is 5.11. The molecule has 2 amide bonds. The number of ether oxygens (including phenoxy) is 1. The highest BCUT2D eigenvalue weighted by atomic mass is 35.5. The zero-order valence-electron chi connectivity index (χ0n) is 17.4. The predicted octanol–water partition coefficient (Wildman–Crippen LogP) is 4.75. The third-order valence-corrected chi connectivity index (χ3v) is 5.72. The van der Waals surface area contributed by atoms with Crippen molar-refractivity contribution in [2.45, 2.75) is 13.5 Å². The summed E-state index contributed by atoms with van der Waals surface area (Å²) in [5.41, 5.74) is 3.43. The van der Waals surface area contributed by atoms with E-state index in [9.17, 15) is 14.4 Å². The van der Waals surface area contributed by atoms with Gasteiger partial charge in [-0.15, -0.1) is 0 Å². The van der Waals surface area contributed by atoms with E-state index in [0.717, 1.165) is 10.4 Å². The largest absolute Gasteiger partial charge is 0.456 e. The van der Waals surface area contributed by atoms with Crippen molar-refractivity contribution < 1.29 is 19.1 Å². The first-order valence-electron chi connectivity index (χ1n) is 10.1. The minimum Gasteiger partial charge on any atom is -0.456 e. The molecule has 0 atom stereocenters. The van der Waals surface area contributed by atoms with Crippen molar-refractivity contribution in [2.24, 2.45) is 0 Å². The Morgan fingerprint density at radius 1 is 0.909 bits per heavy atom. The van der Waals surface area contributed by atoms with Crippen LogP contribution in [0.1, 0.15) is 42.5 Å². The fourth-order valence-corrected chi connectivity index (χ4v) is 3.92. The number of imide groups is 1. The highest BCUT2D eigenvalue weighted by molar-refractivity contribution is 6.39. The summed E-state index contributed by atoms with van der Waals surface area (Å²) in [4.78, 5) is 48.5. The van der Waals surface area contributed by atoms with Gasteiger partial charge in [0.25, 0.3) is 11.8 Å². The number of para-hydroxylation sites is 3. The van der Waals surface area contributed by atoms with E-state index < -0.39 is 17.8 Å². The van der Waals surface area contributed by atoms with Gasteiger partial charge < -0.3 is 4.74 Å². The average molecular weight is 458 g/mol. The molecule has 7 nitrogen and oxygen atoms in total. The van der Waals surface area contributed by atoms with Gasteiger partial charge in [-0.3, -0.25) is 9.59 Å². The molecule has 0 fully saturated rings. The fraction of sp³-hybridized carbons (Fsp3) is 0.0800. The third-order valence-electron chi connectivity index (χ3n) is 5.40. The molecule has 162 valence electrons. The molecule has 0 bridgehead atoms. The van der Waals surface area contributed by atoms with E-state index in [2.05, 4.69) is 9.97 Å². The molecule has 0 saturated heterocycles. The van der Waals surface area contributed by atoms with Crippen molar-refractivity contribution in [3.63, 3.8) is 0 Å². The van der Waals surface area contributed by atoms with Crippen molar-refractivity contribution in [1.29, 1.82) is 0 Å². The van der Waals surface area contributed by atoms with E-state index in [4.69, 9.17) is 16.3 Å². The van der Waals surface area contributed by atoms with Crippen molar-refractivity contribution >= 4 is 46.1 Å². The van der Waals surface area contributed by atoms with E-state index in [1.165, 1.54) is 18.2 Å². The van der Waals surface area contributed by atoms with Crippen molar-refractivity contribution in [1.82, 2.24) is 9.97 Å². The monoisotopic (exact) mass is 457 g/mol. The number of halogens is 1. The summed E-state index contributed by atoms with van der Waals surface area (Å²) >= 11 is 6.18. The van der Waals surface area contributed by atoms with Crippen LogP contribution < -0.4 is 4.90 Å². The quantitative estimate of drug-likeness (QED) is 0.324. The van der Waals surface area contributed by atoms with E-state index in [-0.39, 0.29) is 28.3 Å². The molecule has 0 spiro atoms. The lowest BCUT2D eigenvalue weighted by Gasteiger charge is -2.15. The minimum absolute atomic E-state index is 0.0712. The van der Waals surface area contributed by atoms with Crippen molar-refractivity contribution in [3.8, 4) is 0 Å². The lowest BCUT2D eigenvalue weighted by Crippen LogP contribution is -2.29. The number of amides is 2. The molecule has 0 N–H and O–H groups in total. The van der Waals surface area contributed by atoms with Gasteiger partial charge in [0.15, 0.2) is 0 Å². The van der Waals surface area contributed by atoms with Crippen LogP contribution >= 0.6 is 11.6 Å². The second-order valence-electron chi connectivity index (χ2n) is 7.48. The van der Waals surface area contributed by atoms with Crippen molar-refractivity contribution in [2.75, 3.05) is 4.90 Å². The van der Waals surface area contributed by atoms with Gasteiger partial charge in [-0.2, -0.15) is 0 Å². The Bertz CT molecular complexity index is 1470. The number of carbonyl (C=O) groups is 3. The van der Waals surface area contributed by atoms with Gasteiger partial charge in [0.1, 0.15) is 6.61 Å². The molecule has 2 heterocycles. The minimum atomic E-state index is -0.636. The SMILES string of the molecule is Cc1nc2ccccc2nc1COC(=O)c1ccc2c(c1)C(=O)N(c1ccccc1Cl)C2=O. The van der Waals surface area contributed by atoms with Gasteiger partial charge in [-0.25, -0.2) is 19.7 Å². The van der Waals surface area contributed by atoms with Crippen LogP contribution in [0, 0.1) is 6.92 Å². The molecule has 0 saturated carbocycles. The molecule has 4 aromatic rings. The van der Waals surface area contributed by atoms with E-state index in [1.54, 1.807) is 31.2 Å². The Morgan fingerprint density at radius 3 is 2.33 bits per heavy atom. The van der Waals surface area contributed by atoms with Gasteiger partial charge in [-0.1, -0.05) is 35.9 Å². The van der Waals surface area contributed by atoms with Crippen LogP contribution in [0.3, 0.4) is 0 Å². The number of hydrogen-bond acceptors (Lipinski definition) is 6. The van der Waals surface area contributed by atoms with Crippen LogP contribution in [0.15, 0.2) is 66.7 Å². The lowest BCUT2D eigenvalue weighted by atomic mass is 10.1. The Morgan fingerprint density at radius 2 is 1.58 bits per heavy atom. The molecule has 0 unspecified atom stereocenters. The average Bonchev–Trinajstić information content (AvgIpc) is 3.07. The Balaban J connectivity index is 1.38. The van der Waals surface area contributed by atoms with Crippen LogP contribution in [0.2, 0.25) is 5.02 Å². The zero-order valence-corrected chi connectivity index (χ0v) is 18.2. The van der Waals surface area contributed by atoms with E-state index in [1.807, 2.05) is 24.3 Å². The van der Waals surface area contributed by atoms with Gasteiger partial charge in [0, 0.05) is 0 Å². The third kappa shape index (κ3) is 3.62. The first-order chi connectivity index (χ1) is 15.9. The summed E-state index contributed by atoms with van der Waals surface area (Å²) in [5, 5.41) is 0.276. The maximum Gasteiger partial charge on any atom is 0.338 e. The first kappa shape index (κ1) is 20.8. The van der Waals surface area contributed by atoms with E-state index in [0.29, 0.717) is 22.6 Å². The van der Waals surface area contributed by atoms with Crippen LogP contribution in [-0.4, -0.2) is 27.8 Å². The number of rotatable bonds is 4. The smallest absolute Gasteiger partial charge is 0.338 e. The van der Waals surface area contributed by atoms with Gasteiger partial charge >= 0.3 is 5.97 Å². The van der Waals surface area contributed by atoms with Crippen LogP contribution in [-0.2, 0) is 11.3 Å². The lowest BCUT2D eigenvalue weighted by molar-refractivity contribution is 0.0466. The van der Waals surface area contributed by atoms with E-state index >= 15 is 0 Å². The number of anilines is 1. The maximum absolute atomic E-state index is 13.0. The molecule has 8 heteroatoms. The Hall–Kier alpha value is -4.10. The number of aryl methyl sites for hydroxylation is 1. The van der Waals surface area contributed by atoms with Crippen LogP contribution in [0.25, 0.3) is 11.0 Å². The summed E-state index contributed by atoms with van der Waals surface area (Å²) in [5.74, 6) is -1.68. The first-order valence-corrected chi connectivity index (χ1v) is 10.5. The number of carbonyl (C=O) groups excluding carboxylic acids is 3. The van der Waals surface area contributed by atoms with Crippen molar-refractivity contribution in [3.05, 3.63) is 99.8 Å². The van der Waals surface area contributed by atoms with Crippen LogP contribution in [0.4, 0.5) is 5.69 Å². The summed E-state index contributed by atoms with van der Waals surface area (Å²) in [6.07, 6.45) is 0. The molecular weight excluding hydrogens is 442 g/mol. The number of hydrogen-bond donors (Lipinski definition) is 0. The normalized spacial score (nSPS) is 12.8. The summed E-state index contributed by atoms with van der Waals surface area (Å²) in [6, 6.07) is 18.3. The predicted molar refractivity (Wildman–Crippen MR) is 122 cm³/mol. The summed E-state index contributed by atoms with van der Waals surface area (Å²) < 4.78 is 5.42. The summed E-state index contributed by atoms with van der Waals surface area (Å²) in [6.45, 7) is 1.73. The number of benzene rings is 3. The number of aromatic nitrogens is 2. The van der Waals surface area contributed by atoms with Crippen LogP contribution in [0.5, 0.6) is 0 Å². The Labute approximate surface area is 193 Å². The molecule has 0 radical (unpaired) electrons. The topological polar surface area (TPSA) is 89.5 Å². The molecule has 3 aromatic carbocycles. The molecule has 1 aliphatic heterocycles. The second-order valence-corrected chi connectivity index (χ2v) is 7.89. The number of esters is 1. The number of fused-ring (bicyclic) bond motifs is 2. The molecule has 1 aliphatic rings. The molecule has 5 rings (SSSR count). The maximum atomic E-state index is 13.0.